The SMILES string of the molecule is CC(O)CCN(C)CCC(C)CCBr. The Labute approximate surface area is 96.8 Å². The number of aliphatic hydroxyl groups excluding tert-OH is 1. The standard InChI is InChI=1S/C11H24BrNO/c1-10(4-7-12)5-8-13(3)9-6-11(2)14/h10-11,14H,4-9H2,1-3H3. The van der Waals surface area contributed by atoms with Gasteiger partial charge < -0.3 is 10.0 Å². The van der Waals surface area contributed by atoms with E-state index < -0.39 is 0 Å². The molecule has 0 fully saturated rings. The summed E-state index contributed by atoms with van der Waals surface area (Å²) in [4.78, 5) is 2.30. The molecule has 14 heavy (non-hydrogen) atoms. The summed E-state index contributed by atoms with van der Waals surface area (Å²) in [5, 5.41) is 10.2. The fourth-order valence-corrected chi connectivity index (χ4v) is 2.07. The Morgan fingerprint density at radius 3 is 2.21 bits per heavy atom. The second kappa shape index (κ2) is 8.69. The van der Waals surface area contributed by atoms with Crippen molar-refractivity contribution in [2.45, 2.75) is 39.2 Å². The molecule has 0 spiro atoms. The molecule has 0 aromatic carbocycles. The fraction of sp³-hybridized carbons (Fsp3) is 1.00. The van der Waals surface area contributed by atoms with Crippen molar-refractivity contribution in [3.05, 3.63) is 0 Å². The van der Waals surface area contributed by atoms with Crippen LogP contribution in [0.3, 0.4) is 0 Å². The van der Waals surface area contributed by atoms with E-state index in [1.54, 1.807) is 0 Å². The molecule has 0 rings (SSSR count). The van der Waals surface area contributed by atoms with E-state index in [1.807, 2.05) is 6.92 Å². The van der Waals surface area contributed by atoms with Crippen molar-refractivity contribution in [2.24, 2.45) is 5.92 Å². The Kier molecular flexibility index (Phi) is 8.94. The third kappa shape index (κ3) is 8.97. The number of hydrogen-bond donors (Lipinski definition) is 1. The van der Waals surface area contributed by atoms with Crippen LogP contribution in [0.4, 0.5) is 0 Å². The first-order valence-corrected chi connectivity index (χ1v) is 6.61. The van der Waals surface area contributed by atoms with Gasteiger partial charge in [0, 0.05) is 11.9 Å². The molecule has 86 valence electrons. The van der Waals surface area contributed by atoms with Crippen LogP contribution in [0.2, 0.25) is 0 Å². The van der Waals surface area contributed by atoms with Gasteiger partial charge in [0.05, 0.1) is 6.10 Å². The van der Waals surface area contributed by atoms with E-state index in [0.29, 0.717) is 0 Å². The summed E-state index contributed by atoms with van der Waals surface area (Å²) in [6, 6.07) is 0. The first-order chi connectivity index (χ1) is 6.56. The van der Waals surface area contributed by atoms with Gasteiger partial charge in [-0.15, -0.1) is 0 Å². The van der Waals surface area contributed by atoms with Crippen LogP contribution in [0.25, 0.3) is 0 Å². The van der Waals surface area contributed by atoms with Crippen molar-refractivity contribution >= 4 is 15.9 Å². The van der Waals surface area contributed by atoms with E-state index in [1.165, 1.54) is 12.8 Å². The lowest BCUT2D eigenvalue weighted by atomic mass is 10.1. The molecular weight excluding hydrogens is 242 g/mol. The van der Waals surface area contributed by atoms with Crippen LogP contribution in [0.5, 0.6) is 0 Å². The fourth-order valence-electron chi connectivity index (χ4n) is 1.29. The Hall–Kier alpha value is 0.400. The van der Waals surface area contributed by atoms with Crippen molar-refractivity contribution in [3.63, 3.8) is 0 Å². The van der Waals surface area contributed by atoms with Crippen molar-refractivity contribution in [1.82, 2.24) is 4.90 Å². The van der Waals surface area contributed by atoms with Gasteiger partial charge in [0.25, 0.3) is 0 Å². The molecule has 2 unspecified atom stereocenters. The molecule has 2 atom stereocenters. The Balaban J connectivity index is 3.38. The van der Waals surface area contributed by atoms with Gasteiger partial charge in [-0.1, -0.05) is 22.9 Å². The number of aliphatic hydroxyl groups is 1. The Morgan fingerprint density at radius 2 is 1.71 bits per heavy atom. The third-order valence-electron chi connectivity index (χ3n) is 2.53. The largest absolute Gasteiger partial charge is 0.393 e. The molecule has 0 aliphatic rings. The van der Waals surface area contributed by atoms with Crippen LogP contribution in [0.15, 0.2) is 0 Å². The highest BCUT2D eigenvalue weighted by Crippen LogP contribution is 2.09. The quantitative estimate of drug-likeness (QED) is 0.682. The van der Waals surface area contributed by atoms with Crippen LogP contribution in [-0.2, 0) is 0 Å². The molecule has 0 saturated heterocycles. The van der Waals surface area contributed by atoms with Crippen molar-refractivity contribution in [3.8, 4) is 0 Å². The third-order valence-corrected chi connectivity index (χ3v) is 2.99. The molecule has 0 bridgehead atoms. The molecule has 0 amide bonds. The van der Waals surface area contributed by atoms with Crippen LogP contribution >= 0.6 is 15.9 Å². The summed E-state index contributed by atoms with van der Waals surface area (Å²) in [7, 11) is 2.13. The maximum Gasteiger partial charge on any atom is 0.0524 e. The van der Waals surface area contributed by atoms with E-state index in [9.17, 15) is 0 Å². The molecule has 1 N–H and O–H groups in total. The number of hydrogen-bond acceptors (Lipinski definition) is 2. The van der Waals surface area contributed by atoms with Gasteiger partial charge >= 0.3 is 0 Å². The molecule has 2 nitrogen and oxygen atoms in total. The summed E-state index contributed by atoms with van der Waals surface area (Å²) >= 11 is 3.46. The molecule has 0 heterocycles. The highest BCUT2D eigenvalue weighted by Gasteiger charge is 2.05. The van der Waals surface area contributed by atoms with Crippen LogP contribution in [0, 0.1) is 5.92 Å². The van der Waals surface area contributed by atoms with Crippen molar-refractivity contribution in [1.29, 1.82) is 0 Å². The molecule has 0 radical (unpaired) electrons. The van der Waals surface area contributed by atoms with Crippen molar-refractivity contribution < 1.29 is 5.11 Å². The normalized spacial score (nSPS) is 15.9. The first kappa shape index (κ1) is 14.4. The van der Waals surface area contributed by atoms with E-state index in [2.05, 4.69) is 34.8 Å². The van der Waals surface area contributed by atoms with E-state index in [4.69, 9.17) is 5.11 Å². The molecule has 0 aliphatic carbocycles. The maximum atomic E-state index is 9.13. The van der Waals surface area contributed by atoms with E-state index in [0.717, 1.165) is 30.8 Å². The lowest BCUT2D eigenvalue weighted by Gasteiger charge is -2.19. The molecule has 0 aromatic rings. The summed E-state index contributed by atoms with van der Waals surface area (Å²) in [5.74, 6) is 0.795. The highest BCUT2D eigenvalue weighted by molar-refractivity contribution is 9.09. The van der Waals surface area contributed by atoms with Crippen LogP contribution in [-0.4, -0.2) is 41.6 Å². The number of nitrogens with zero attached hydrogens (tertiary/aromatic N) is 1. The molecule has 0 saturated carbocycles. The average molecular weight is 266 g/mol. The number of halogens is 1. The molecule has 3 heteroatoms. The number of rotatable bonds is 8. The van der Waals surface area contributed by atoms with Gasteiger partial charge in [-0.05, 0) is 45.7 Å². The predicted octanol–water partition coefficient (Wildman–Crippen LogP) is 2.50. The van der Waals surface area contributed by atoms with Gasteiger partial charge in [-0.25, -0.2) is 0 Å². The van der Waals surface area contributed by atoms with Crippen molar-refractivity contribution in [2.75, 3.05) is 25.5 Å². The molecule has 0 aliphatic heterocycles. The van der Waals surface area contributed by atoms with E-state index in [-0.39, 0.29) is 6.10 Å². The maximum absolute atomic E-state index is 9.13. The second-order valence-corrected chi connectivity index (χ2v) is 5.11. The van der Waals surface area contributed by atoms with E-state index >= 15 is 0 Å². The Bertz CT molecular complexity index is 130. The first-order valence-electron chi connectivity index (χ1n) is 5.48. The molecule has 0 aromatic heterocycles. The van der Waals surface area contributed by atoms with Gasteiger partial charge in [0.1, 0.15) is 0 Å². The average Bonchev–Trinajstić information content (AvgIpc) is 2.12. The summed E-state index contributed by atoms with van der Waals surface area (Å²) < 4.78 is 0. The van der Waals surface area contributed by atoms with Crippen LogP contribution < -0.4 is 0 Å². The zero-order chi connectivity index (χ0) is 11.0. The van der Waals surface area contributed by atoms with Gasteiger partial charge in [-0.2, -0.15) is 0 Å². The zero-order valence-corrected chi connectivity index (χ0v) is 11.3. The van der Waals surface area contributed by atoms with Crippen LogP contribution in [0.1, 0.15) is 33.1 Å². The minimum Gasteiger partial charge on any atom is -0.393 e. The topological polar surface area (TPSA) is 23.5 Å². The lowest BCUT2D eigenvalue weighted by molar-refractivity contribution is 0.162. The highest BCUT2D eigenvalue weighted by atomic mass is 79.9. The summed E-state index contributed by atoms with van der Waals surface area (Å²) in [6.07, 6.45) is 3.22. The minimum absolute atomic E-state index is 0.169. The Morgan fingerprint density at radius 1 is 1.14 bits per heavy atom. The monoisotopic (exact) mass is 265 g/mol. The van der Waals surface area contributed by atoms with Gasteiger partial charge in [0.15, 0.2) is 0 Å². The zero-order valence-electron chi connectivity index (χ0n) is 9.67. The summed E-state index contributed by atoms with van der Waals surface area (Å²) in [5.41, 5.74) is 0. The summed E-state index contributed by atoms with van der Waals surface area (Å²) in [6.45, 7) is 6.28. The van der Waals surface area contributed by atoms with Gasteiger partial charge in [-0.3, -0.25) is 0 Å². The minimum atomic E-state index is -0.169. The molecular formula is C11H24BrNO. The second-order valence-electron chi connectivity index (χ2n) is 4.31. The lowest BCUT2D eigenvalue weighted by Crippen LogP contribution is -2.24. The predicted molar refractivity (Wildman–Crippen MR) is 66.0 cm³/mol. The smallest absolute Gasteiger partial charge is 0.0524 e. The number of alkyl halides is 1. The van der Waals surface area contributed by atoms with Gasteiger partial charge in [0.2, 0.25) is 0 Å².